The van der Waals surface area contributed by atoms with Gasteiger partial charge in [-0.2, -0.15) is 13.2 Å². The van der Waals surface area contributed by atoms with Crippen LogP contribution in [0.2, 0.25) is 0 Å². The highest BCUT2D eigenvalue weighted by atomic mass is 19.4. The average molecular weight is 406 g/mol. The lowest BCUT2D eigenvalue weighted by Crippen LogP contribution is -2.42. The van der Waals surface area contributed by atoms with E-state index in [9.17, 15) is 27.2 Å². The summed E-state index contributed by atoms with van der Waals surface area (Å²) in [5.41, 5.74) is 3.67. The van der Waals surface area contributed by atoms with Crippen molar-refractivity contribution in [2.75, 3.05) is 0 Å². The van der Waals surface area contributed by atoms with E-state index in [1.54, 1.807) is 6.07 Å². The molecule has 0 atom stereocenters. The van der Waals surface area contributed by atoms with Crippen molar-refractivity contribution in [3.05, 3.63) is 83.4 Å². The van der Waals surface area contributed by atoms with Crippen LogP contribution in [-0.2, 0) is 17.4 Å². The molecule has 0 aliphatic heterocycles. The fraction of sp³-hybridized carbons (Fsp3) is 0.100. The second kappa shape index (κ2) is 8.17. The summed E-state index contributed by atoms with van der Waals surface area (Å²) in [6.07, 6.45) is -4.80. The first-order chi connectivity index (χ1) is 13.7. The van der Waals surface area contributed by atoms with E-state index in [-0.39, 0.29) is 29.1 Å². The Morgan fingerprint density at radius 2 is 1.69 bits per heavy atom. The third-order valence-electron chi connectivity index (χ3n) is 3.93. The van der Waals surface area contributed by atoms with Crippen LogP contribution < -0.4 is 10.9 Å². The van der Waals surface area contributed by atoms with Crippen molar-refractivity contribution in [1.82, 2.24) is 10.9 Å². The third-order valence-corrected chi connectivity index (χ3v) is 3.93. The summed E-state index contributed by atoms with van der Waals surface area (Å²) in [5.74, 6) is -2.19. The first-order valence-electron chi connectivity index (χ1n) is 8.34. The van der Waals surface area contributed by atoms with Crippen LogP contribution in [0.4, 0.5) is 17.6 Å². The molecule has 0 bridgehead atoms. The van der Waals surface area contributed by atoms with Crippen LogP contribution in [0.15, 0.2) is 65.1 Å². The van der Waals surface area contributed by atoms with Crippen LogP contribution in [0.3, 0.4) is 0 Å². The van der Waals surface area contributed by atoms with Crippen LogP contribution >= 0.6 is 0 Å². The van der Waals surface area contributed by atoms with Gasteiger partial charge in [0.1, 0.15) is 11.6 Å². The predicted molar refractivity (Wildman–Crippen MR) is 94.9 cm³/mol. The molecular weight excluding hydrogens is 392 g/mol. The van der Waals surface area contributed by atoms with E-state index in [0.29, 0.717) is 0 Å². The van der Waals surface area contributed by atoms with Crippen molar-refractivity contribution >= 4 is 11.8 Å². The predicted octanol–water partition coefficient (Wildman–Crippen LogP) is 4.11. The Balaban J connectivity index is 1.62. The van der Waals surface area contributed by atoms with Crippen molar-refractivity contribution in [2.24, 2.45) is 0 Å². The number of amides is 2. The Kier molecular flexibility index (Phi) is 5.67. The van der Waals surface area contributed by atoms with Gasteiger partial charge in [0.15, 0.2) is 5.76 Å². The lowest BCUT2D eigenvalue weighted by Gasteiger charge is -2.08. The fourth-order valence-electron chi connectivity index (χ4n) is 2.51. The molecular formula is C20H14F4N2O3. The summed E-state index contributed by atoms with van der Waals surface area (Å²) >= 11 is 0. The van der Waals surface area contributed by atoms with E-state index in [1.165, 1.54) is 42.5 Å². The standard InChI is InChI=1S/C20H14F4N2O3/c21-15-7-2-1-4-12(15)11-18(27)25-26-19(28)17-9-8-16(29-17)13-5-3-6-14(10-13)20(22,23)24/h1-10H,11H2,(H,25,27)(H,26,28). The molecule has 0 saturated heterocycles. The molecule has 0 aliphatic rings. The number of furan rings is 1. The molecule has 0 saturated carbocycles. The van der Waals surface area contributed by atoms with Gasteiger partial charge in [-0.1, -0.05) is 30.3 Å². The minimum Gasteiger partial charge on any atom is -0.451 e. The maximum Gasteiger partial charge on any atom is 0.416 e. The van der Waals surface area contributed by atoms with Gasteiger partial charge in [-0.25, -0.2) is 4.39 Å². The molecule has 9 heteroatoms. The number of carbonyl (C=O) groups excluding carboxylic acids is 2. The smallest absolute Gasteiger partial charge is 0.416 e. The molecule has 1 aromatic heterocycles. The lowest BCUT2D eigenvalue weighted by molar-refractivity contribution is -0.137. The van der Waals surface area contributed by atoms with Crippen molar-refractivity contribution in [1.29, 1.82) is 0 Å². The highest BCUT2D eigenvalue weighted by molar-refractivity contribution is 5.93. The zero-order valence-corrected chi connectivity index (χ0v) is 14.7. The van der Waals surface area contributed by atoms with Gasteiger partial charge >= 0.3 is 12.1 Å². The summed E-state index contributed by atoms with van der Waals surface area (Å²) in [6.45, 7) is 0. The maximum atomic E-state index is 13.5. The summed E-state index contributed by atoms with van der Waals surface area (Å²) in [4.78, 5) is 23.9. The largest absolute Gasteiger partial charge is 0.451 e. The zero-order chi connectivity index (χ0) is 21.0. The van der Waals surface area contributed by atoms with Gasteiger partial charge in [-0.15, -0.1) is 0 Å². The first kappa shape index (κ1) is 20.1. The summed E-state index contributed by atoms with van der Waals surface area (Å²) < 4.78 is 57.3. The molecule has 2 amide bonds. The van der Waals surface area contributed by atoms with Crippen LogP contribution in [0.5, 0.6) is 0 Å². The molecule has 0 unspecified atom stereocenters. The number of alkyl halides is 3. The number of benzene rings is 2. The van der Waals surface area contributed by atoms with Gasteiger partial charge in [0, 0.05) is 5.56 Å². The summed E-state index contributed by atoms with van der Waals surface area (Å²) in [5, 5.41) is 0. The van der Waals surface area contributed by atoms with Crippen molar-refractivity contribution < 1.29 is 31.6 Å². The minimum atomic E-state index is -4.51. The first-order valence-corrected chi connectivity index (χ1v) is 8.34. The van der Waals surface area contributed by atoms with E-state index in [4.69, 9.17) is 4.42 Å². The molecule has 3 aromatic rings. The number of nitrogens with one attached hydrogen (secondary N) is 2. The Hall–Kier alpha value is -3.62. The normalized spacial score (nSPS) is 11.2. The second-order valence-corrected chi connectivity index (χ2v) is 6.01. The van der Waals surface area contributed by atoms with E-state index in [2.05, 4.69) is 10.9 Å². The van der Waals surface area contributed by atoms with Gasteiger partial charge in [-0.05, 0) is 35.9 Å². The molecule has 0 aliphatic carbocycles. The highest BCUT2D eigenvalue weighted by Gasteiger charge is 2.30. The quantitative estimate of drug-likeness (QED) is 0.506. The molecule has 3 rings (SSSR count). The second-order valence-electron chi connectivity index (χ2n) is 6.01. The number of hydrazine groups is 1. The van der Waals surface area contributed by atoms with E-state index >= 15 is 0 Å². The number of rotatable bonds is 4. The van der Waals surface area contributed by atoms with Gasteiger partial charge in [0.25, 0.3) is 0 Å². The topological polar surface area (TPSA) is 71.3 Å². The number of carbonyl (C=O) groups is 2. The SMILES string of the molecule is O=C(Cc1ccccc1F)NNC(=O)c1ccc(-c2cccc(C(F)(F)F)c2)o1. The molecule has 0 spiro atoms. The molecule has 2 N–H and O–H groups in total. The van der Waals surface area contributed by atoms with Crippen molar-refractivity contribution in [3.63, 3.8) is 0 Å². The summed E-state index contributed by atoms with van der Waals surface area (Å²) in [7, 11) is 0. The van der Waals surface area contributed by atoms with Crippen molar-refractivity contribution in [3.8, 4) is 11.3 Å². The van der Waals surface area contributed by atoms with E-state index in [1.807, 2.05) is 0 Å². The van der Waals surface area contributed by atoms with E-state index in [0.717, 1.165) is 12.1 Å². The Morgan fingerprint density at radius 3 is 2.41 bits per heavy atom. The van der Waals surface area contributed by atoms with E-state index < -0.39 is 29.4 Å². The maximum absolute atomic E-state index is 13.5. The monoisotopic (exact) mass is 406 g/mol. The number of halogens is 4. The van der Waals surface area contributed by atoms with Crippen LogP contribution in [0.1, 0.15) is 21.7 Å². The molecule has 29 heavy (non-hydrogen) atoms. The molecule has 1 heterocycles. The Bertz CT molecular complexity index is 1040. The third kappa shape index (κ3) is 5.01. The minimum absolute atomic E-state index is 0.0546. The van der Waals surface area contributed by atoms with Gasteiger partial charge < -0.3 is 4.42 Å². The lowest BCUT2D eigenvalue weighted by atomic mass is 10.1. The van der Waals surface area contributed by atoms with Crippen molar-refractivity contribution in [2.45, 2.75) is 12.6 Å². The molecule has 2 aromatic carbocycles. The molecule has 0 fully saturated rings. The fourth-order valence-corrected chi connectivity index (χ4v) is 2.51. The van der Waals surface area contributed by atoms with Gasteiger partial charge in [-0.3, -0.25) is 20.4 Å². The van der Waals surface area contributed by atoms with Gasteiger partial charge in [0.05, 0.1) is 12.0 Å². The highest BCUT2D eigenvalue weighted by Crippen LogP contribution is 2.32. The molecule has 150 valence electrons. The Labute approximate surface area is 162 Å². The number of hydrogen-bond donors (Lipinski definition) is 2. The van der Waals surface area contributed by atoms with Gasteiger partial charge in [0.2, 0.25) is 5.91 Å². The molecule has 0 radical (unpaired) electrons. The summed E-state index contributed by atoms with van der Waals surface area (Å²) in [6, 6.07) is 12.8. The Morgan fingerprint density at radius 1 is 0.931 bits per heavy atom. The molecule has 5 nitrogen and oxygen atoms in total. The van der Waals surface area contributed by atoms with Crippen LogP contribution in [-0.4, -0.2) is 11.8 Å². The number of hydrogen-bond acceptors (Lipinski definition) is 3. The van der Waals surface area contributed by atoms with Crippen LogP contribution in [0, 0.1) is 5.82 Å². The zero-order valence-electron chi connectivity index (χ0n) is 14.7. The average Bonchev–Trinajstić information content (AvgIpc) is 3.18. The van der Waals surface area contributed by atoms with Crippen LogP contribution in [0.25, 0.3) is 11.3 Å².